The first-order chi connectivity index (χ1) is 10.8. The van der Waals surface area contributed by atoms with Gasteiger partial charge >= 0.3 is 0 Å². The van der Waals surface area contributed by atoms with E-state index in [-0.39, 0.29) is 6.04 Å². The van der Waals surface area contributed by atoms with Crippen LogP contribution in [0.3, 0.4) is 0 Å². The van der Waals surface area contributed by atoms with E-state index in [1.54, 1.807) is 7.11 Å². The standard InChI is InChI=1S/C18H23N3O/c1-22-13-2-3-16-15(11-13)14(4-7-20-16)18(19)17-10-12-5-8-21(17)9-6-12/h2-4,7,11-12,17-18H,5-6,8-10,19H2,1H3. The van der Waals surface area contributed by atoms with Crippen molar-refractivity contribution in [2.75, 3.05) is 20.2 Å². The summed E-state index contributed by atoms with van der Waals surface area (Å²) in [6.07, 6.45) is 5.79. The summed E-state index contributed by atoms with van der Waals surface area (Å²) in [4.78, 5) is 7.05. The molecule has 0 spiro atoms. The van der Waals surface area contributed by atoms with Gasteiger partial charge in [0.2, 0.25) is 0 Å². The molecule has 3 saturated heterocycles. The van der Waals surface area contributed by atoms with Gasteiger partial charge in [0, 0.05) is 23.7 Å². The fraction of sp³-hybridized carbons (Fsp3) is 0.500. The molecule has 5 rings (SSSR count). The molecule has 2 atom stereocenters. The highest BCUT2D eigenvalue weighted by molar-refractivity contribution is 5.84. The van der Waals surface area contributed by atoms with Gasteiger partial charge in [0.25, 0.3) is 0 Å². The van der Waals surface area contributed by atoms with Crippen molar-refractivity contribution in [3.05, 3.63) is 36.0 Å². The van der Waals surface area contributed by atoms with E-state index < -0.39 is 0 Å². The number of methoxy groups -OCH3 is 1. The second-order valence-corrected chi connectivity index (χ2v) is 6.59. The van der Waals surface area contributed by atoms with E-state index in [1.807, 2.05) is 18.3 Å². The number of benzene rings is 1. The molecule has 2 N–H and O–H groups in total. The summed E-state index contributed by atoms with van der Waals surface area (Å²) in [6.45, 7) is 2.41. The Morgan fingerprint density at radius 2 is 2.09 bits per heavy atom. The number of fused-ring (bicyclic) bond motifs is 4. The van der Waals surface area contributed by atoms with Crippen LogP contribution in [0.1, 0.15) is 30.9 Å². The summed E-state index contributed by atoms with van der Waals surface area (Å²) >= 11 is 0. The minimum Gasteiger partial charge on any atom is -0.497 e. The number of pyridine rings is 1. The molecule has 1 aromatic heterocycles. The molecule has 4 nitrogen and oxygen atoms in total. The van der Waals surface area contributed by atoms with Crippen LogP contribution in [0, 0.1) is 5.92 Å². The summed E-state index contributed by atoms with van der Waals surface area (Å²) in [7, 11) is 1.70. The van der Waals surface area contributed by atoms with Gasteiger partial charge in [-0.2, -0.15) is 0 Å². The molecule has 1 aromatic carbocycles. The summed E-state index contributed by atoms with van der Waals surface area (Å²) in [5.41, 5.74) is 8.89. The summed E-state index contributed by atoms with van der Waals surface area (Å²) in [5.74, 6) is 1.73. The molecule has 3 fully saturated rings. The number of rotatable bonds is 3. The quantitative estimate of drug-likeness (QED) is 0.946. The van der Waals surface area contributed by atoms with E-state index in [0.29, 0.717) is 6.04 Å². The Labute approximate surface area is 131 Å². The Balaban J connectivity index is 1.73. The lowest BCUT2D eigenvalue weighted by atomic mass is 9.79. The lowest BCUT2D eigenvalue weighted by molar-refractivity contribution is 0.0359. The van der Waals surface area contributed by atoms with Gasteiger partial charge in [0.1, 0.15) is 5.75 Å². The molecule has 116 valence electrons. The predicted molar refractivity (Wildman–Crippen MR) is 87.9 cm³/mol. The lowest BCUT2D eigenvalue weighted by Gasteiger charge is -2.47. The Kier molecular flexibility index (Phi) is 3.51. The van der Waals surface area contributed by atoms with Crippen LogP contribution in [-0.4, -0.2) is 36.1 Å². The normalized spacial score (nSPS) is 28.7. The van der Waals surface area contributed by atoms with Crippen LogP contribution in [0.15, 0.2) is 30.5 Å². The zero-order valence-corrected chi connectivity index (χ0v) is 13.0. The third-order valence-electron chi connectivity index (χ3n) is 5.45. The molecule has 4 heterocycles. The van der Waals surface area contributed by atoms with Crippen molar-refractivity contribution >= 4 is 10.9 Å². The van der Waals surface area contributed by atoms with Gasteiger partial charge in [-0.1, -0.05) is 0 Å². The van der Waals surface area contributed by atoms with Gasteiger partial charge in [0.05, 0.1) is 12.6 Å². The Bertz CT molecular complexity index is 679. The third-order valence-corrected chi connectivity index (χ3v) is 5.45. The molecule has 2 bridgehead atoms. The van der Waals surface area contributed by atoms with Crippen LogP contribution in [-0.2, 0) is 0 Å². The highest BCUT2D eigenvalue weighted by Gasteiger charge is 2.37. The average Bonchev–Trinajstić information content (AvgIpc) is 2.61. The molecule has 3 aliphatic rings. The van der Waals surface area contributed by atoms with Crippen molar-refractivity contribution in [3.63, 3.8) is 0 Å². The Morgan fingerprint density at radius 3 is 2.77 bits per heavy atom. The van der Waals surface area contributed by atoms with Gasteiger partial charge in [-0.15, -0.1) is 0 Å². The van der Waals surface area contributed by atoms with Crippen molar-refractivity contribution in [1.29, 1.82) is 0 Å². The second kappa shape index (κ2) is 5.52. The maximum absolute atomic E-state index is 6.70. The van der Waals surface area contributed by atoms with E-state index in [4.69, 9.17) is 10.5 Å². The molecule has 4 heteroatoms. The SMILES string of the molecule is COc1ccc2nccc(C(N)C3CC4CCN3CC4)c2c1. The van der Waals surface area contributed by atoms with Crippen molar-refractivity contribution in [1.82, 2.24) is 9.88 Å². The first-order valence-electron chi connectivity index (χ1n) is 8.18. The maximum atomic E-state index is 6.70. The van der Waals surface area contributed by atoms with Gasteiger partial charge in [-0.05, 0) is 68.1 Å². The average molecular weight is 297 g/mol. The molecule has 2 aromatic rings. The Hall–Kier alpha value is -1.65. The molecular weight excluding hydrogens is 274 g/mol. The number of nitrogens with two attached hydrogens (primary N) is 1. The van der Waals surface area contributed by atoms with Gasteiger partial charge in [-0.3, -0.25) is 9.88 Å². The van der Waals surface area contributed by atoms with Gasteiger partial charge in [-0.25, -0.2) is 0 Å². The fourth-order valence-corrected chi connectivity index (χ4v) is 4.16. The topological polar surface area (TPSA) is 51.4 Å². The van der Waals surface area contributed by atoms with E-state index in [9.17, 15) is 0 Å². The predicted octanol–water partition coefficient (Wildman–Crippen LogP) is 2.73. The van der Waals surface area contributed by atoms with Crippen LogP contribution in [0.2, 0.25) is 0 Å². The van der Waals surface area contributed by atoms with Crippen LogP contribution in [0.25, 0.3) is 10.9 Å². The molecule has 2 unspecified atom stereocenters. The van der Waals surface area contributed by atoms with Crippen molar-refractivity contribution in [3.8, 4) is 5.75 Å². The highest BCUT2D eigenvalue weighted by Crippen LogP contribution is 2.38. The fourth-order valence-electron chi connectivity index (χ4n) is 4.16. The first-order valence-corrected chi connectivity index (χ1v) is 8.18. The highest BCUT2D eigenvalue weighted by atomic mass is 16.5. The number of ether oxygens (including phenoxy) is 1. The second-order valence-electron chi connectivity index (χ2n) is 6.59. The zero-order chi connectivity index (χ0) is 15.1. The van der Waals surface area contributed by atoms with Gasteiger partial charge < -0.3 is 10.5 Å². The largest absolute Gasteiger partial charge is 0.497 e. The minimum atomic E-state index is 0.0423. The summed E-state index contributed by atoms with van der Waals surface area (Å²) < 4.78 is 5.37. The van der Waals surface area contributed by atoms with E-state index in [1.165, 1.54) is 37.9 Å². The first kappa shape index (κ1) is 14.0. The number of nitrogens with zero attached hydrogens (tertiary/aromatic N) is 2. The van der Waals surface area contributed by atoms with Crippen LogP contribution < -0.4 is 10.5 Å². The van der Waals surface area contributed by atoms with E-state index >= 15 is 0 Å². The van der Waals surface area contributed by atoms with Crippen LogP contribution >= 0.6 is 0 Å². The molecule has 0 radical (unpaired) electrons. The van der Waals surface area contributed by atoms with Crippen molar-refractivity contribution in [2.45, 2.75) is 31.3 Å². The minimum absolute atomic E-state index is 0.0423. The van der Waals surface area contributed by atoms with Crippen molar-refractivity contribution < 1.29 is 4.74 Å². The smallest absolute Gasteiger partial charge is 0.119 e. The molecule has 3 aliphatic heterocycles. The van der Waals surface area contributed by atoms with E-state index in [0.717, 1.165) is 22.6 Å². The lowest BCUT2D eigenvalue weighted by Crippen LogP contribution is -2.52. The third kappa shape index (κ3) is 2.27. The van der Waals surface area contributed by atoms with E-state index in [2.05, 4.69) is 22.0 Å². The monoisotopic (exact) mass is 297 g/mol. The summed E-state index contributed by atoms with van der Waals surface area (Å²) in [6, 6.07) is 8.61. The zero-order valence-electron chi connectivity index (χ0n) is 13.0. The van der Waals surface area contributed by atoms with Gasteiger partial charge in [0.15, 0.2) is 0 Å². The molecule has 0 amide bonds. The van der Waals surface area contributed by atoms with Crippen LogP contribution in [0.5, 0.6) is 5.75 Å². The number of piperidine rings is 3. The van der Waals surface area contributed by atoms with Crippen LogP contribution in [0.4, 0.5) is 0 Å². The summed E-state index contributed by atoms with van der Waals surface area (Å²) in [5, 5.41) is 1.12. The maximum Gasteiger partial charge on any atom is 0.119 e. The molecule has 22 heavy (non-hydrogen) atoms. The molecular formula is C18H23N3O. The Morgan fingerprint density at radius 1 is 1.27 bits per heavy atom. The number of hydrogen-bond donors (Lipinski definition) is 1. The van der Waals surface area contributed by atoms with Crippen molar-refractivity contribution in [2.24, 2.45) is 11.7 Å². The number of hydrogen-bond acceptors (Lipinski definition) is 4. The molecule has 0 saturated carbocycles. The molecule has 0 aliphatic carbocycles. The number of aromatic nitrogens is 1.